The summed E-state index contributed by atoms with van der Waals surface area (Å²) in [5, 5.41) is 16.6. The van der Waals surface area contributed by atoms with E-state index in [9.17, 15) is 9.59 Å². The maximum absolute atomic E-state index is 12.5. The van der Waals surface area contributed by atoms with E-state index in [-0.39, 0.29) is 10.8 Å². The number of hydrogen-bond acceptors (Lipinski definition) is 6. The minimum absolute atomic E-state index is 0.136. The molecule has 0 aliphatic rings. The van der Waals surface area contributed by atoms with Crippen molar-refractivity contribution < 1.29 is 14.7 Å². The van der Waals surface area contributed by atoms with Gasteiger partial charge in [0, 0.05) is 12.3 Å². The van der Waals surface area contributed by atoms with Crippen molar-refractivity contribution in [3.05, 3.63) is 45.3 Å². The molecule has 0 aliphatic heterocycles. The van der Waals surface area contributed by atoms with Crippen LogP contribution in [-0.2, 0) is 0 Å². The number of nitrogens with zero attached hydrogens (tertiary/aromatic N) is 4. The molecule has 1 amide bonds. The molecule has 24 heavy (non-hydrogen) atoms. The van der Waals surface area contributed by atoms with Crippen LogP contribution in [0.1, 0.15) is 49.4 Å². The number of fused-ring (bicyclic) bond motifs is 1. The van der Waals surface area contributed by atoms with E-state index in [0.717, 1.165) is 17.0 Å². The molecule has 1 unspecified atom stereocenters. The van der Waals surface area contributed by atoms with Gasteiger partial charge in [0.25, 0.3) is 5.91 Å². The zero-order valence-electron chi connectivity index (χ0n) is 13.3. The van der Waals surface area contributed by atoms with Crippen molar-refractivity contribution in [3.8, 4) is 0 Å². The van der Waals surface area contributed by atoms with Gasteiger partial charge in [-0.05, 0) is 20.8 Å². The smallest absolute Gasteiger partial charge is 0.347 e. The Hall–Kier alpha value is -2.81. The number of thiazole rings is 1. The van der Waals surface area contributed by atoms with Crippen molar-refractivity contribution >= 4 is 28.9 Å². The summed E-state index contributed by atoms with van der Waals surface area (Å²) in [5.41, 5.74) is 2.59. The Morgan fingerprint density at radius 1 is 1.29 bits per heavy atom. The second-order valence-corrected chi connectivity index (χ2v) is 6.44. The SMILES string of the molecule is Cc1cc2ncc(C(=O)NC(C)c3ncc(C(=O)O)s3)c(C)n2n1. The summed E-state index contributed by atoms with van der Waals surface area (Å²) in [6, 6.07) is 1.42. The Morgan fingerprint density at radius 2 is 2.04 bits per heavy atom. The molecule has 0 radical (unpaired) electrons. The summed E-state index contributed by atoms with van der Waals surface area (Å²) in [5.74, 6) is -1.34. The van der Waals surface area contributed by atoms with E-state index in [4.69, 9.17) is 5.11 Å². The average Bonchev–Trinajstić information content (AvgIpc) is 3.13. The molecule has 0 bridgehead atoms. The average molecular weight is 345 g/mol. The van der Waals surface area contributed by atoms with E-state index in [1.807, 2.05) is 13.0 Å². The lowest BCUT2D eigenvalue weighted by atomic mass is 10.2. The first kappa shape index (κ1) is 16.1. The largest absolute Gasteiger partial charge is 0.477 e. The lowest BCUT2D eigenvalue weighted by Crippen LogP contribution is -2.28. The molecule has 0 fully saturated rings. The third-order valence-corrected chi connectivity index (χ3v) is 4.71. The van der Waals surface area contributed by atoms with Gasteiger partial charge in [-0.15, -0.1) is 11.3 Å². The van der Waals surface area contributed by atoms with Crippen LogP contribution in [0, 0.1) is 13.8 Å². The number of carbonyl (C=O) groups is 2. The molecule has 0 aromatic carbocycles. The van der Waals surface area contributed by atoms with Gasteiger partial charge >= 0.3 is 5.97 Å². The molecule has 0 saturated carbocycles. The molecule has 9 heteroatoms. The maximum atomic E-state index is 12.5. The number of amides is 1. The summed E-state index contributed by atoms with van der Waals surface area (Å²) in [4.78, 5) is 31.9. The van der Waals surface area contributed by atoms with E-state index >= 15 is 0 Å². The third kappa shape index (κ3) is 2.85. The number of aryl methyl sites for hydroxylation is 2. The first-order valence-corrected chi connectivity index (χ1v) is 8.00. The van der Waals surface area contributed by atoms with Crippen molar-refractivity contribution in [2.24, 2.45) is 0 Å². The highest BCUT2D eigenvalue weighted by Crippen LogP contribution is 2.20. The molecule has 0 saturated heterocycles. The monoisotopic (exact) mass is 345 g/mol. The zero-order chi connectivity index (χ0) is 17.4. The molecule has 3 aromatic heterocycles. The van der Waals surface area contributed by atoms with Crippen LogP contribution in [0.5, 0.6) is 0 Å². The lowest BCUT2D eigenvalue weighted by Gasteiger charge is -2.12. The number of carboxylic acid groups (broad SMARTS) is 1. The highest BCUT2D eigenvalue weighted by Gasteiger charge is 2.19. The summed E-state index contributed by atoms with van der Waals surface area (Å²) < 4.78 is 1.63. The standard InChI is InChI=1S/C15H15N5O3S/c1-7-4-12-16-5-10(9(3)20(12)19-7)13(21)18-8(2)14-17-6-11(24-14)15(22)23/h4-6,8H,1-3H3,(H,18,21)(H,22,23). The summed E-state index contributed by atoms with van der Waals surface area (Å²) in [6.07, 6.45) is 2.80. The highest BCUT2D eigenvalue weighted by atomic mass is 32.1. The molecule has 1 atom stereocenters. The first-order valence-electron chi connectivity index (χ1n) is 7.18. The topological polar surface area (TPSA) is 109 Å². The summed E-state index contributed by atoms with van der Waals surface area (Å²) >= 11 is 1.04. The number of carboxylic acids is 1. The lowest BCUT2D eigenvalue weighted by molar-refractivity contribution is 0.0701. The van der Waals surface area contributed by atoms with Gasteiger partial charge < -0.3 is 10.4 Å². The van der Waals surface area contributed by atoms with Gasteiger partial charge in [0.2, 0.25) is 0 Å². The Kier molecular flexibility index (Phi) is 4.02. The maximum Gasteiger partial charge on any atom is 0.347 e. The third-order valence-electron chi connectivity index (χ3n) is 3.54. The van der Waals surface area contributed by atoms with E-state index in [2.05, 4.69) is 20.4 Å². The van der Waals surface area contributed by atoms with Crippen molar-refractivity contribution in [1.29, 1.82) is 0 Å². The molecule has 3 aromatic rings. The molecular weight excluding hydrogens is 330 g/mol. The molecule has 3 heterocycles. The minimum atomic E-state index is -1.03. The van der Waals surface area contributed by atoms with Crippen LogP contribution in [0.4, 0.5) is 0 Å². The Labute approximate surface area is 141 Å². The van der Waals surface area contributed by atoms with Gasteiger partial charge in [0.1, 0.15) is 9.88 Å². The summed E-state index contributed by atoms with van der Waals surface area (Å²) in [6.45, 7) is 5.41. The number of carbonyl (C=O) groups excluding carboxylic acids is 1. The first-order chi connectivity index (χ1) is 11.4. The molecule has 3 rings (SSSR count). The van der Waals surface area contributed by atoms with Gasteiger partial charge in [-0.3, -0.25) is 4.79 Å². The van der Waals surface area contributed by atoms with Gasteiger partial charge in [-0.25, -0.2) is 19.3 Å². The van der Waals surface area contributed by atoms with Crippen LogP contribution >= 0.6 is 11.3 Å². The van der Waals surface area contributed by atoms with E-state index < -0.39 is 12.0 Å². The number of rotatable bonds is 4. The van der Waals surface area contributed by atoms with E-state index in [1.54, 1.807) is 18.4 Å². The highest BCUT2D eigenvalue weighted by molar-refractivity contribution is 7.13. The summed E-state index contributed by atoms with van der Waals surface area (Å²) in [7, 11) is 0. The second kappa shape index (κ2) is 6.00. The van der Waals surface area contributed by atoms with Gasteiger partial charge in [-0.2, -0.15) is 5.10 Å². The molecule has 0 spiro atoms. The Balaban J connectivity index is 1.83. The van der Waals surface area contributed by atoms with Gasteiger partial charge in [-0.1, -0.05) is 0 Å². The van der Waals surface area contributed by atoms with E-state index in [1.165, 1.54) is 12.4 Å². The Bertz CT molecular complexity index is 946. The minimum Gasteiger partial charge on any atom is -0.477 e. The van der Waals surface area contributed by atoms with Crippen molar-refractivity contribution in [3.63, 3.8) is 0 Å². The quantitative estimate of drug-likeness (QED) is 0.748. The van der Waals surface area contributed by atoms with Crippen molar-refractivity contribution in [2.45, 2.75) is 26.8 Å². The molecular formula is C15H15N5O3S. The molecule has 0 aliphatic carbocycles. The van der Waals surface area contributed by atoms with Crippen LogP contribution in [0.15, 0.2) is 18.5 Å². The number of hydrogen-bond donors (Lipinski definition) is 2. The van der Waals surface area contributed by atoms with Crippen molar-refractivity contribution in [1.82, 2.24) is 24.9 Å². The zero-order valence-corrected chi connectivity index (χ0v) is 14.1. The van der Waals surface area contributed by atoms with Gasteiger partial charge in [0.05, 0.1) is 29.2 Å². The number of aromatic carboxylic acids is 1. The predicted molar refractivity (Wildman–Crippen MR) is 87.4 cm³/mol. The fraction of sp³-hybridized carbons (Fsp3) is 0.267. The van der Waals surface area contributed by atoms with Crippen LogP contribution < -0.4 is 5.32 Å². The second-order valence-electron chi connectivity index (χ2n) is 5.38. The molecule has 2 N–H and O–H groups in total. The number of aromatic nitrogens is 4. The van der Waals surface area contributed by atoms with Crippen molar-refractivity contribution in [2.75, 3.05) is 0 Å². The fourth-order valence-electron chi connectivity index (χ4n) is 2.31. The fourth-order valence-corrected chi connectivity index (χ4v) is 3.07. The molecule has 8 nitrogen and oxygen atoms in total. The Morgan fingerprint density at radius 3 is 2.71 bits per heavy atom. The normalized spacial score (nSPS) is 12.3. The van der Waals surface area contributed by atoms with Crippen LogP contribution in [-0.4, -0.2) is 36.6 Å². The van der Waals surface area contributed by atoms with Gasteiger partial charge in [0.15, 0.2) is 5.65 Å². The van der Waals surface area contributed by atoms with Crippen LogP contribution in [0.25, 0.3) is 5.65 Å². The van der Waals surface area contributed by atoms with Crippen LogP contribution in [0.2, 0.25) is 0 Å². The van der Waals surface area contributed by atoms with Crippen LogP contribution in [0.3, 0.4) is 0 Å². The predicted octanol–water partition coefficient (Wildman–Crippen LogP) is 1.99. The van der Waals surface area contributed by atoms with E-state index in [0.29, 0.717) is 21.9 Å². The molecule has 124 valence electrons. The number of nitrogens with one attached hydrogen (secondary N) is 1.